The number of nitrogens with one attached hydrogen (secondary N) is 1. The van der Waals surface area contributed by atoms with E-state index >= 15 is 0 Å². The van der Waals surface area contributed by atoms with Crippen molar-refractivity contribution in [2.75, 3.05) is 12.4 Å². The molecule has 0 bridgehead atoms. The van der Waals surface area contributed by atoms with Crippen LogP contribution < -0.4 is 10.1 Å². The molecule has 28 heavy (non-hydrogen) atoms. The van der Waals surface area contributed by atoms with Crippen molar-refractivity contribution in [2.45, 2.75) is 19.0 Å². The second kappa shape index (κ2) is 8.12. The Balaban J connectivity index is 1.59. The van der Waals surface area contributed by atoms with Gasteiger partial charge in [-0.25, -0.2) is 0 Å². The maximum Gasteiger partial charge on any atom is 0.416 e. The molecule has 0 aliphatic rings. The fourth-order valence-electron chi connectivity index (χ4n) is 2.44. The molecule has 0 saturated carbocycles. The zero-order valence-corrected chi connectivity index (χ0v) is 14.8. The fraction of sp³-hybridized carbons (Fsp3) is 0.211. The molecule has 0 aliphatic heterocycles. The molecule has 0 atom stereocenters. The van der Waals surface area contributed by atoms with Gasteiger partial charge in [0.2, 0.25) is 17.7 Å². The molecule has 0 unspecified atom stereocenters. The Labute approximate surface area is 158 Å². The number of hydrogen-bond donors (Lipinski definition) is 1. The van der Waals surface area contributed by atoms with Crippen molar-refractivity contribution in [2.24, 2.45) is 0 Å². The summed E-state index contributed by atoms with van der Waals surface area (Å²) in [6, 6.07) is 11.5. The molecule has 0 aliphatic carbocycles. The molecule has 1 heterocycles. The molecule has 9 heteroatoms. The van der Waals surface area contributed by atoms with Gasteiger partial charge >= 0.3 is 6.18 Å². The number of anilines is 1. The Kier molecular flexibility index (Phi) is 5.62. The van der Waals surface area contributed by atoms with Crippen LogP contribution in [0.1, 0.15) is 17.9 Å². The first-order valence-corrected chi connectivity index (χ1v) is 8.29. The largest absolute Gasteiger partial charge is 0.497 e. The highest BCUT2D eigenvalue weighted by molar-refractivity contribution is 5.90. The highest BCUT2D eigenvalue weighted by atomic mass is 19.4. The number of hydrogen-bond acceptors (Lipinski definition) is 5. The summed E-state index contributed by atoms with van der Waals surface area (Å²) in [6.45, 7) is 0. The zero-order valence-electron chi connectivity index (χ0n) is 14.8. The number of nitrogens with zero attached hydrogens (tertiary/aromatic N) is 2. The number of benzene rings is 2. The zero-order chi connectivity index (χ0) is 20.1. The number of alkyl halides is 3. The van der Waals surface area contributed by atoms with E-state index in [1.165, 1.54) is 12.1 Å². The molecule has 3 rings (SSSR count). The summed E-state index contributed by atoms with van der Waals surface area (Å²) in [5.74, 6) is 0.711. The summed E-state index contributed by atoms with van der Waals surface area (Å²) < 4.78 is 48.8. The van der Waals surface area contributed by atoms with Crippen LogP contribution in [0.15, 0.2) is 52.9 Å². The Morgan fingerprint density at radius 1 is 1.14 bits per heavy atom. The minimum Gasteiger partial charge on any atom is -0.497 e. The van der Waals surface area contributed by atoms with Gasteiger partial charge in [0.05, 0.1) is 12.7 Å². The predicted octanol–water partition coefficient (Wildman–Crippen LogP) is 4.34. The van der Waals surface area contributed by atoms with E-state index in [0.29, 0.717) is 11.3 Å². The molecule has 0 saturated heterocycles. The summed E-state index contributed by atoms with van der Waals surface area (Å²) in [7, 11) is 1.54. The molecule has 1 aromatic heterocycles. The molecule has 146 valence electrons. The van der Waals surface area contributed by atoms with Gasteiger partial charge in [0.15, 0.2) is 0 Å². The maximum absolute atomic E-state index is 12.7. The Morgan fingerprint density at radius 3 is 2.68 bits per heavy atom. The first-order valence-electron chi connectivity index (χ1n) is 8.29. The lowest BCUT2D eigenvalue weighted by molar-refractivity contribution is -0.137. The number of carbonyl (C=O) groups is 1. The van der Waals surface area contributed by atoms with Gasteiger partial charge < -0.3 is 14.5 Å². The van der Waals surface area contributed by atoms with Crippen molar-refractivity contribution in [3.63, 3.8) is 0 Å². The predicted molar refractivity (Wildman–Crippen MR) is 94.7 cm³/mol. The van der Waals surface area contributed by atoms with Crippen LogP contribution in [0, 0.1) is 0 Å². The van der Waals surface area contributed by atoms with Crippen molar-refractivity contribution < 1.29 is 27.1 Å². The van der Waals surface area contributed by atoms with Gasteiger partial charge in [0.25, 0.3) is 0 Å². The Hall–Kier alpha value is -3.36. The van der Waals surface area contributed by atoms with Crippen LogP contribution in [0.3, 0.4) is 0 Å². The van der Waals surface area contributed by atoms with Gasteiger partial charge in [0, 0.05) is 24.1 Å². The first kappa shape index (κ1) is 19.4. The SMILES string of the molecule is COc1cccc(-c2nnc(CCC(=O)Nc3cccc(C(F)(F)F)c3)o2)c1. The normalized spacial score (nSPS) is 11.3. The van der Waals surface area contributed by atoms with E-state index in [1.807, 2.05) is 0 Å². The fourth-order valence-corrected chi connectivity index (χ4v) is 2.44. The minimum atomic E-state index is -4.47. The van der Waals surface area contributed by atoms with Gasteiger partial charge in [-0.2, -0.15) is 13.2 Å². The number of methoxy groups -OCH3 is 1. The average molecular weight is 391 g/mol. The monoisotopic (exact) mass is 391 g/mol. The number of amides is 1. The second-order valence-corrected chi connectivity index (χ2v) is 5.86. The summed E-state index contributed by atoms with van der Waals surface area (Å²) in [5, 5.41) is 10.3. The van der Waals surface area contributed by atoms with Crippen LogP contribution in [0.5, 0.6) is 5.75 Å². The van der Waals surface area contributed by atoms with E-state index in [4.69, 9.17) is 9.15 Å². The number of ether oxygens (including phenoxy) is 1. The molecule has 0 fully saturated rings. The smallest absolute Gasteiger partial charge is 0.416 e. The molecule has 2 aromatic carbocycles. The number of aromatic nitrogens is 2. The minimum absolute atomic E-state index is 0.0179. The van der Waals surface area contributed by atoms with Gasteiger partial charge in [-0.05, 0) is 36.4 Å². The molecule has 3 aromatic rings. The van der Waals surface area contributed by atoms with Gasteiger partial charge in [-0.3, -0.25) is 4.79 Å². The molecule has 1 amide bonds. The van der Waals surface area contributed by atoms with Crippen molar-refractivity contribution >= 4 is 11.6 Å². The van der Waals surface area contributed by atoms with Gasteiger partial charge in [-0.15, -0.1) is 10.2 Å². The summed E-state index contributed by atoms with van der Waals surface area (Å²) in [4.78, 5) is 12.0. The maximum atomic E-state index is 12.7. The van der Waals surface area contributed by atoms with E-state index in [1.54, 1.807) is 31.4 Å². The van der Waals surface area contributed by atoms with E-state index in [9.17, 15) is 18.0 Å². The van der Waals surface area contributed by atoms with Crippen LogP contribution in [0.25, 0.3) is 11.5 Å². The van der Waals surface area contributed by atoms with E-state index in [-0.39, 0.29) is 30.3 Å². The van der Waals surface area contributed by atoms with E-state index < -0.39 is 17.6 Å². The average Bonchev–Trinajstić information content (AvgIpc) is 3.15. The summed E-state index contributed by atoms with van der Waals surface area (Å²) >= 11 is 0. The number of rotatable bonds is 6. The quantitative estimate of drug-likeness (QED) is 0.677. The van der Waals surface area contributed by atoms with Crippen LogP contribution in [0.4, 0.5) is 18.9 Å². The lowest BCUT2D eigenvalue weighted by Crippen LogP contribution is -2.13. The van der Waals surface area contributed by atoms with Gasteiger partial charge in [0.1, 0.15) is 5.75 Å². The second-order valence-electron chi connectivity index (χ2n) is 5.86. The molecule has 0 spiro atoms. The molecule has 1 N–H and O–H groups in total. The standard InChI is InChI=1S/C19H16F3N3O3/c1-27-15-7-2-4-12(10-15)18-25-24-17(28-18)9-8-16(26)23-14-6-3-5-13(11-14)19(20,21)22/h2-7,10-11H,8-9H2,1H3,(H,23,26). The topological polar surface area (TPSA) is 77.2 Å². The van der Waals surface area contributed by atoms with Crippen molar-refractivity contribution in [1.29, 1.82) is 0 Å². The highest BCUT2D eigenvalue weighted by Gasteiger charge is 2.30. The molecular formula is C19H16F3N3O3. The van der Waals surface area contributed by atoms with Gasteiger partial charge in [-0.1, -0.05) is 12.1 Å². The van der Waals surface area contributed by atoms with Crippen LogP contribution in [-0.4, -0.2) is 23.2 Å². The molecular weight excluding hydrogens is 375 g/mol. The lowest BCUT2D eigenvalue weighted by atomic mass is 10.2. The van der Waals surface area contributed by atoms with Crippen molar-refractivity contribution in [1.82, 2.24) is 10.2 Å². The number of halogens is 3. The third-order valence-corrected chi connectivity index (χ3v) is 3.82. The third kappa shape index (κ3) is 4.87. The van der Waals surface area contributed by atoms with E-state index in [2.05, 4.69) is 15.5 Å². The Morgan fingerprint density at radius 2 is 1.93 bits per heavy atom. The van der Waals surface area contributed by atoms with Crippen LogP contribution in [0.2, 0.25) is 0 Å². The first-order chi connectivity index (χ1) is 13.3. The highest BCUT2D eigenvalue weighted by Crippen LogP contribution is 2.30. The Bertz CT molecular complexity index is 970. The van der Waals surface area contributed by atoms with Crippen LogP contribution in [-0.2, 0) is 17.4 Å². The van der Waals surface area contributed by atoms with E-state index in [0.717, 1.165) is 12.1 Å². The number of carbonyl (C=O) groups excluding carboxylic acids is 1. The van der Waals surface area contributed by atoms with Crippen LogP contribution >= 0.6 is 0 Å². The van der Waals surface area contributed by atoms with Crippen molar-refractivity contribution in [3.8, 4) is 17.2 Å². The van der Waals surface area contributed by atoms with Crippen molar-refractivity contribution in [3.05, 3.63) is 60.0 Å². The third-order valence-electron chi connectivity index (χ3n) is 3.82. The summed E-state index contributed by atoms with van der Waals surface area (Å²) in [6.07, 6.45) is -4.33. The summed E-state index contributed by atoms with van der Waals surface area (Å²) in [5.41, 5.74) is -0.0842. The molecule has 0 radical (unpaired) electrons. The number of aryl methyl sites for hydroxylation is 1. The molecule has 6 nitrogen and oxygen atoms in total. The lowest BCUT2D eigenvalue weighted by Gasteiger charge is -2.09.